The summed E-state index contributed by atoms with van der Waals surface area (Å²) in [6, 6.07) is 0. The highest BCUT2D eigenvalue weighted by molar-refractivity contribution is 14.1. The molecule has 0 fully saturated rings. The molecule has 0 saturated heterocycles. The Labute approximate surface area is 92.8 Å². The number of rotatable bonds is 3. The lowest BCUT2D eigenvalue weighted by molar-refractivity contribution is 1.42. The van der Waals surface area contributed by atoms with Crippen molar-refractivity contribution < 1.29 is 0 Å². The summed E-state index contributed by atoms with van der Waals surface area (Å²) in [5.41, 5.74) is 4.95. The molecule has 0 N–H and O–H groups in total. The Bertz CT molecular complexity index is 255. The Morgan fingerprint density at radius 3 is 2.58 bits per heavy atom. The monoisotopic (exact) mass is 294 g/mol. The van der Waals surface area contributed by atoms with Gasteiger partial charge in [0.1, 0.15) is 0 Å². The average Bonchev–Trinajstić information content (AvgIpc) is 2.12. The molecule has 0 rings (SSSR count). The quantitative estimate of drug-likeness (QED) is 0.316. The van der Waals surface area contributed by atoms with E-state index in [1.807, 2.05) is 26.0 Å². The van der Waals surface area contributed by atoms with Crippen LogP contribution in [-0.4, -0.2) is 4.43 Å². The highest BCUT2D eigenvalue weighted by Gasteiger charge is 1.98. The molecular weight excluding hydrogens is 282 g/mol. The maximum absolute atomic E-state index is 5.88. The van der Waals surface area contributed by atoms with E-state index >= 15 is 0 Å². The Morgan fingerprint density at radius 1 is 1.67 bits per heavy atom. The summed E-state index contributed by atoms with van der Waals surface area (Å²) in [5.74, 6) is 0. The lowest BCUT2D eigenvalue weighted by Gasteiger charge is -1.99. The smallest absolute Gasteiger partial charge is 0.0858 e. The van der Waals surface area contributed by atoms with E-state index in [4.69, 9.17) is 11.6 Å². The van der Waals surface area contributed by atoms with E-state index in [2.05, 4.69) is 34.9 Å². The molecule has 0 atom stereocenters. The van der Waals surface area contributed by atoms with Crippen molar-refractivity contribution in [2.24, 2.45) is 0 Å². The topological polar surface area (TPSA) is 0 Å². The van der Waals surface area contributed by atoms with Gasteiger partial charge in [0.25, 0.3) is 0 Å². The first-order valence-corrected chi connectivity index (χ1v) is 5.51. The van der Waals surface area contributed by atoms with E-state index in [0.717, 1.165) is 10.0 Å². The van der Waals surface area contributed by atoms with Crippen LogP contribution in [0.5, 0.6) is 0 Å². The minimum atomic E-state index is 0.616. The van der Waals surface area contributed by atoms with Crippen LogP contribution in [0.15, 0.2) is 40.6 Å². The summed E-state index contributed by atoms with van der Waals surface area (Å²) in [6.45, 7) is 7.55. The van der Waals surface area contributed by atoms with Crippen LogP contribution in [0, 0.1) is 0 Å². The van der Waals surface area contributed by atoms with Crippen LogP contribution >= 0.6 is 34.2 Å². The van der Waals surface area contributed by atoms with Crippen LogP contribution in [0.4, 0.5) is 0 Å². The third-order valence-corrected chi connectivity index (χ3v) is 2.64. The minimum absolute atomic E-state index is 0.616. The molecule has 0 bridgehead atoms. The summed E-state index contributed by atoms with van der Waals surface area (Å²) in [7, 11) is 0. The van der Waals surface area contributed by atoms with Crippen molar-refractivity contribution in [3.8, 4) is 0 Å². The van der Waals surface area contributed by atoms with E-state index in [-0.39, 0.29) is 0 Å². The first kappa shape index (κ1) is 12.0. The third-order valence-electron chi connectivity index (χ3n) is 1.44. The standard InChI is InChI=1S/C10H12ClI/c1-4-8(3)6-9(7-12)10(11)5-2/h4,6H,2,7H2,1,3H3/b8-4-,9-6-. The van der Waals surface area contributed by atoms with Crippen molar-refractivity contribution in [1.82, 2.24) is 0 Å². The molecule has 0 saturated carbocycles. The Balaban J connectivity index is 4.79. The average molecular weight is 295 g/mol. The molecule has 0 aromatic heterocycles. The molecule has 2 heteroatoms. The lowest BCUT2D eigenvalue weighted by atomic mass is 10.2. The Kier molecular flexibility index (Phi) is 6.54. The second-order valence-corrected chi connectivity index (χ2v) is 3.47. The first-order chi connectivity index (χ1) is 5.65. The molecule has 0 aliphatic heterocycles. The fraction of sp³-hybridized carbons (Fsp3) is 0.300. The number of alkyl halides is 1. The third kappa shape index (κ3) is 4.15. The summed E-state index contributed by atoms with van der Waals surface area (Å²) in [4.78, 5) is 0. The van der Waals surface area contributed by atoms with Crippen LogP contribution in [0.25, 0.3) is 0 Å². The van der Waals surface area contributed by atoms with Crippen molar-refractivity contribution in [3.63, 3.8) is 0 Å². The van der Waals surface area contributed by atoms with Crippen molar-refractivity contribution in [2.75, 3.05) is 4.43 Å². The van der Waals surface area contributed by atoms with Crippen LogP contribution in [-0.2, 0) is 0 Å². The fourth-order valence-electron chi connectivity index (χ4n) is 0.632. The zero-order valence-electron chi connectivity index (χ0n) is 7.32. The van der Waals surface area contributed by atoms with Crippen molar-refractivity contribution >= 4 is 34.2 Å². The zero-order valence-corrected chi connectivity index (χ0v) is 10.2. The summed E-state index contributed by atoms with van der Waals surface area (Å²) in [6.07, 6.45) is 4.09. The van der Waals surface area contributed by atoms with Crippen LogP contribution in [0.2, 0.25) is 0 Å². The predicted molar refractivity (Wildman–Crippen MR) is 64.9 cm³/mol. The van der Waals surface area contributed by atoms with Gasteiger partial charge in [-0.3, -0.25) is 0 Å². The van der Waals surface area contributed by atoms with Gasteiger partial charge in [0.15, 0.2) is 0 Å². The molecule has 0 nitrogen and oxygen atoms in total. The van der Waals surface area contributed by atoms with Crippen LogP contribution < -0.4 is 0 Å². The maximum Gasteiger partial charge on any atom is 0.0858 e. The molecule has 12 heavy (non-hydrogen) atoms. The van der Waals surface area contributed by atoms with Crippen molar-refractivity contribution in [3.05, 3.63) is 40.6 Å². The van der Waals surface area contributed by atoms with Gasteiger partial charge in [-0.2, -0.15) is 0 Å². The van der Waals surface area contributed by atoms with Gasteiger partial charge in [0.2, 0.25) is 0 Å². The molecule has 0 spiro atoms. The summed E-state index contributed by atoms with van der Waals surface area (Å²) >= 11 is 8.14. The SMILES string of the molecule is C=C=C(Cl)/C(=C\C(C)=C/C)CI. The van der Waals surface area contributed by atoms with Crippen molar-refractivity contribution in [2.45, 2.75) is 13.8 Å². The van der Waals surface area contributed by atoms with Gasteiger partial charge in [-0.25, -0.2) is 0 Å². The Morgan fingerprint density at radius 2 is 2.25 bits per heavy atom. The van der Waals surface area contributed by atoms with Gasteiger partial charge < -0.3 is 0 Å². The summed E-state index contributed by atoms with van der Waals surface area (Å²) in [5, 5.41) is 0.616. The molecular formula is C10H12ClI. The Hall–Kier alpha value is 0.0200. The van der Waals surface area contributed by atoms with Gasteiger partial charge >= 0.3 is 0 Å². The van der Waals surface area contributed by atoms with E-state index in [1.54, 1.807) is 0 Å². The minimum Gasteiger partial charge on any atom is -0.108 e. The highest BCUT2D eigenvalue weighted by atomic mass is 127. The molecule has 0 aromatic carbocycles. The van der Waals surface area contributed by atoms with Crippen LogP contribution in [0.1, 0.15) is 13.8 Å². The molecule has 0 aliphatic carbocycles. The molecule has 0 radical (unpaired) electrons. The van der Waals surface area contributed by atoms with E-state index in [9.17, 15) is 0 Å². The zero-order chi connectivity index (χ0) is 9.56. The molecule has 0 aromatic rings. The number of hydrogen-bond acceptors (Lipinski definition) is 0. The van der Waals surface area contributed by atoms with Gasteiger partial charge in [0.05, 0.1) is 5.03 Å². The molecule has 0 aliphatic rings. The molecule has 0 amide bonds. The molecule has 66 valence electrons. The van der Waals surface area contributed by atoms with E-state index in [0.29, 0.717) is 5.03 Å². The normalized spacial score (nSPS) is 12.7. The van der Waals surface area contributed by atoms with Gasteiger partial charge in [-0.1, -0.05) is 58.5 Å². The van der Waals surface area contributed by atoms with E-state index in [1.165, 1.54) is 5.57 Å². The first-order valence-electron chi connectivity index (χ1n) is 3.61. The second kappa shape index (κ2) is 6.53. The van der Waals surface area contributed by atoms with Crippen molar-refractivity contribution in [1.29, 1.82) is 0 Å². The second-order valence-electron chi connectivity index (χ2n) is 2.33. The van der Waals surface area contributed by atoms with Gasteiger partial charge in [0, 0.05) is 4.43 Å². The molecule has 0 unspecified atom stereocenters. The van der Waals surface area contributed by atoms with Gasteiger partial charge in [-0.05, 0) is 19.4 Å². The largest absolute Gasteiger partial charge is 0.108 e. The molecule has 0 heterocycles. The van der Waals surface area contributed by atoms with Gasteiger partial charge in [-0.15, -0.1) is 5.73 Å². The fourth-order valence-corrected chi connectivity index (χ4v) is 1.58. The maximum atomic E-state index is 5.88. The van der Waals surface area contributed by atoms with Crippen LogP contribution in [0.3, 0.4) is 0 Å². The number of allylic oxidation sites excluding steroid dienone is 5. The number of halogens is 2. The van der Waals surface area contributed by atoms with E-state index < -0.39 is 0 Å². The highest BCUT2D eigenvalue weighted by Crippen LogP contribution is 2.17. The predicted octanol–water partition coefficient (Wildman–Crippen LogP) is 4.22. The summed E-state index contributed by atoms with van der Waals surface area (Å²) < 4.78 is 0.879. The number of hydrogen-bond donors (Lipinski definition) is 0. The lowest BCUT2D eigenvalue weighted by Crippen LogP contribution is -1.84.